The maximum absolute atomic E-state index is 13.2. The van der Waals surface area contributed by atoms with Gasteiger partial charge in [-0.05, 0) is 43.7 Å². The van der Waals surface area contributed by atoms with Crippen LogP contribution in [-0.4, -0.2) is 25.2 Å². The largest absolute Gasteiger partial charge is 0.463 e. The van der Waals surface area contributed by atoms with Gasteiger partial charge >= 0.3 is 11.9 Å². The van der Waals surface area contributed by atoms with Gasteiger partial charge in [0, 0.05) is 10.2 Å². The first-order valence-electron chi connectivity index (χ1n) is 10.0. The van der Waals surface area contributed by atoms with Crippen molar-refractivity contribution in [1.29, 1.82) is 5.26 Å². The summed E-state index contributed by atoms with van der Waals surface area (Å²) in [6, 6.07) is 18.0. The Morgan fingerprint density at radius 1 is 1.03 bits per heavy atom. The highest BCUT2D eigenvalue weighted by Gasteiger charge is 2.43. The molecule has 0 aromatic heterocycles. The van der Waals surface area contributed by atoms with Crippen LogP contribution in [0.3, 0.4) is 0 Å². The van der Waals surface area contributed by atoms with Crippen LogP contribution >= 0.6 is 15.9 Å². The van der Waals surface area contributed by atoms with E-state index in [-0.39, 0.29) is 35.9 Å². The number of esters is 2. The number of anilines is 1. The third-order valence-corrected chi connectivity index (χ3v) is 5.40. The molecule has 0 bridgehead atoms. The second-order valence-corrected chi connectivity index (χ2v) is 7.69. The number of hydrogen-bond donors (Lipinski definition) is 1. The van der Waals surface area contributed by atoms with Crippen LogP contribution in [-0.2, 0) is 19.1 Å². The number of hydrogen-bond acceptors (Lipinski definition) is 7. The first kappa shape index (κ1) is 23.1. The van der Waals surface area contributed by atoms with Crippen LogP contribution in [0.2, 0.25) is 0 Å². The van der Waals surface area contributed by atoms with E-state index in [2.05, 4.69) is 22.0 Å². The number of ether oxygens (including phenoxy) is 2. The summed E-state index contributed by atoms with van der Waals surface area (Å²) in [7, 11) is 0. The maximum atomic E-state index is 13.2. The lowest BCUT2D eigenvalue weighted by atomic mass is 9.81. The molecule has 3 rings (SSSR count). The van der Waals surface area contributed by atoms with Crippen molar-refractivity contribution in [2.75, 3.05) is 18.1 Å². The molecule has 0 saturated carbocycles. The molecule has 1 aliphatic heterocycles. The minimum atomic E-state index is -0.883. The van der Waals surface area contributed by atoms with Crippen LogP contribution in [0, 0.1) is 11.3 Å². The minimum Gasteiger partial charge on any atom is -0.463 e. The quantitative estimate of drug-likeness (QED) is 0.600. The van der Waals surface area contributed by atoms with Crippen molar-refractivity contribution >= 4 is 33.6 Å². The predicted octanol–water partition coefficient (Wildman–Crippen LogP) is 4.13. The molecule has 0 spiro atoms. The third kappa shape index (κ3) is 4.39. The summed E-state index contributed by atoms with van der Waals surface area (Å²) in [5.74, 6) is -2.29. The van der Waals surface area contributed by atoms with E-state index in [9.17, 15) is 14.9 Å². The number of halogens is 1. The first-order valence-corrected chi connectivity index (χ1v) is 10.8. The van der Waals surface area contributed by atoms with Crippen molar-refractivity contribution in [3.05, 3.63) is 87.3 Å². The van der Waals surface area contributed by atoms with Gasteiger partial charge in [-0.25, -0.2) is 9.59 Å². The van der Waals surface area contributed by atoms with Crippen LogP contribution < -0.4 is 10.6 Å². The zero-order valence-corrected chi connectivity index (χ0v) is 19.3. The smallest absolute Gasteiger partial charge is 0.355 e. The summed E-state index contributed by atoms with van der Waals surface area (Å²) < 4.78 is 11.4. The first-order chi connectivity index (χ1) is 15.4. The molecule has 32 heavy (non-hydrogen) atoms. The number of nitriles is 1. The van der Waals surface area contributed by atoms with E-state index in [1.165, 1.54) is 4.90 Å². The summed E-state index contributed by atoms with van der Waals surface area (Å²) in [4.78, 5) is 27.8. The Kier molecular flexibility index (Phi) is 7.33. The third-order valence-electron chi connectivity index (χ3n) is 4.88. The number of carbonyl (C=O) groups excluding carboxylic acids is 2. The van der Waals surface area contributed by atoms with E-state index in [1.54, 1.807) is 62.4 Å². The molecular formula is C24H22BrN3O4. The van der Waals surface area contributed by atoms with E-state index in [4.69, 9.17) is 15.2 Å². The van der Waals surface area contributed by atoms with Gasteiger partial charge in [0.15, 0.2) is 0 Å². The average molecular weight is 496 g/mol. The standard InChI is InChI=1S/C24H22BrN3O4/c1-3-31-23(29)20-19(15-8-6-5-7-9-15)18(14-26)22(27)28(21(20)24(30)32-4-2)17-12-10-16(25)11-13-17/h5-13,19H,3-4,27H2,1-2H3. The average Bonchev–Trinajstić information content (AvgIpc) is 2.79. The van der Waals surface area contributed by atoms with Gasteiger partial charge in [0.2, 0.25) is 0 Å². The summed E-state index contributed by atoms with van der Waals surface area (Å²) in [5.41, 5.74) is 7.66. The van der Waals surface area contributed by atoms with E-state index < -0.39 is 17.9 Å². The summed E-state index contributed by atoms with van der Waals surface area (Å²) in [5, 5.41) is 10.0. The van der Waals surface area contributed by atoms with E-state index >= 15 is 0 Å². The normalized spacial score (nSPS) is 15.9. The fraction of sp³-hybridized carbons (Fsp3) is 0.208. The van der Waals surface area contributed by atoms with Crippen molar-refractivity contribution < 1.29 is 19.1 Å². The lowest BCUT2D eigenvalue weighted by molar-refractivity contribution is -0.142. The molecule has 2 N–H and O–H groups in total. The topological polar surface area (TPSA) is 106 Å². The molecule has 164 valence electrons. The number of nitrogens with zero attached hydrogens (tertiary/aromatic N) is 2. The Labute approximate surface area is 194 Å². The van der Waals surface area contributed by atoms with Crippen molar-refractivity contribution in [2.45, 2.75) is 19.8 Å². The zero-order chi connectivity index (χ0) is 23.3. The molecule has 2 aromatic carbocycles. The predicted molar refractivity (Wildman–Crippen MR) is 123 cm³/mol. The Bertz CT molecular complexity index is 1120. The highest BCUT2D eigenvalue weighted by molar-refractivity contribution is 9.10. The summed E-state index contributed by atoms with van der Waals surface area (Å²) in [6.07, 6.45) is 0. The highest BCUT2D eigenvalue weighted by Crippen LogP contribution is 2.43. The van der Waals surface area contributed by atoms with E-state index in [0.29, 0.717) is 11.3 Å². The molecule has 1 aliphatic rings. The molecule has 0 saturated heterocycles. The van der Waals surface area contributed by atoms with Crippen LogP contribution in [0.25, 0.3) is 0 Å². The fourth-order valence-electron chi connectivity index (χ4n) is 3.57. The Hall–Kier alpha value is -3.57. The molecule has 1 atom stereocenters. The lowest BCUT2D eigenvalue weighted by Crippen LogP contribution is -2.41. The number of benzene rings is 2. The van der Waals surface area contributed by atoms with Gasteiger partial charge in [-0.1, -0.05) is 46.3 Å². The van der Waals surface area contributed by atoms with Gasteiger partial charge in [0.25, 0.3) is 0 Å². The number of nitrogens with two attached hydrogens (primary N) is 1. The number of carbonyl (C=O) groups is 2. The second-order valence-electron chi connectivity index (χ2n) is 6.77. The van der Waals surface area contributed by atoms with E-state index in [1.807, 2.05) is 6.07 Å². The molecule has 1 unspecified atom stereocenters. The molecule has 7 nitrogen and oxygen atoms in total. The molecule has 0 fully saturated rings. The van der Waals surface area contributed by atoms with Crippen molar-refractivity contribution in [1.82, 2.24) is 0 Å². The Morgan fingerprint density at radius 3 is 2.19 bits per heavy atom. The Balaban J connectivity index is 2.38. The van der Waals surface area contributed by atoms with Crippen molar-refractivity contribution in [3.63, 3.8) is 0 Å². The van der Waals surface area contributed by atoms with Crippen LogP contribution in [0.1, 0.15) is 25.3 Å². The molecule has 1 heterocycles. The molecule has 2 aromatic rings. The van der Waals surface area contributed by atoms with Crippen LogP contribution in [0.5, 0.6) is 0 Å². The number of rotatable bonds is 6. The van der Waals surface area contributed by atoms with Crippen molar-refractivity contribution in [3.8, 4) is 6.07 Å². The van der Waals surface area contributed by atoms with Crippen molar-refractivity contribution in [2.24, 2.45) is 5.73 Å². The van der Waals surface area contributed by atoms with Crippen LogP contribution in [0.4, 0.5) is 5.69 Å². The summed E-state index contributed by atoms with van der Waals surface area (Å²) >= 11 is 3.38. The maximum Gasteiger partial charge on any atom is 0.355 e. The lowest BCUT2D eigenvalue weighted by Gasteiger charge is -2.36. The van der Waals surface area contributed by atoms with Gasteiger partial charge in [-0.2, -0.15) is 5.26 Å². The molecular weight excluding hydrogens is 474 g/mol. The van der Waals surface area contributed by atoms with E-state index in [0.717, 1.165) is 4.47 Å². The monoisotopic (exact) mass is 495 g/mol. The molecule has 0 aliphatic carbocycles. The minimum absolute atomic E-state index is 0.00479. The van der Waals surface area contributed by atoms with Gasteiger partial charge < -0.3 is 15.2 Å². The summed E-state index contributed by atoms with van der Waals surface area (Å²) in [6.45, 7) is 3.53. The van der Waals surface area contributed by atoms with Gasteiger partial charge in [0.05, 0.1) is 36.3 Å². The van der Waals surface area contributed by atoms with Gasteiger partial charge in [0.1, 0.15) is 11.5 Å². The number of allylic oxidation sites excluding steroid dienone is 1. The van der Waals surface area contributed by atoms with Gasteiger partial charge in [-0.15, -0.1) is 0 Å². The zero-order valence-electron chi connectivity index (χ0n) is 17.7. The second kappa shape index (κ2) is 10.2. The highest BCUT2D eigenvalue weighted by atomic mass is 79.9. The SMILES string of the molecule is CCOC(=O)C1=C(C(=O)OCC)N(c2ccc(Br)cc2)C(N)=C(C#N)C1c1ccccc1. The molecule has 8 heteroatoms. The van der Waals surface area contributed by atoms with Crippen LogP contribution in [0.15, 0.2) is 81.7 Å². The fourth-order valence-corrected chi connectivity index (χ4v) is 3.84. The van der Waals surface area contributed by atoms with Gasteiger partial charge in [-0.3, -0.25) is 4.90 Å². The molecule has 0 radical (unpaired) electrons. The Morgan fingerprint density at radius 2 is 1.62 bits per heavy atom. The molecule has 0 amide bonds.